The van der Waals surface area contributed by atoms with Crippen LogP contribution >= 0.6 is 0 Å². The van der Waals surface area contributed by atoms with Crippen LogP contribution in [0.25, 0.3) is 0 Å². The zero-order valence-corrected chi connectivity index (χ0v) is 20.6. The summed E-state index contributed by atoms with van der Waals surface area (Å²) >= 11 is 0. The molecule has 0 radical (unpaired) electrons. The molecular formula is C29H38O5. The molecule has 2 aromatic rings. The van der Waals surface area contributed by atoms with E-state index in [9.17, 15) is 5.11 Å². The van der Waals surface area contributed by atoms with Gasteiger partial charge in [0.15, 0.2) is 0 Å². The zero-order valence-electron chi connectivity index (χ0n) is 20.6. The molecule has 0 spiro atoms. The van der Waals surface area contributed by atoms with E-state index in [1.807, 2.05) is 43.3 Å². The van der Waals surface area contributed by atoms with E-state index in [0.29, 0.717) is 39.1 Å². The van der Waals surface area contributed by atoms with Crippen molar-refractivity contribution < 1.29 is 24.1 Å². The lowest BCUT2D eigenvalue weighted by molar-refractivity contribution is -0.330. The van der Waals surface area contributed by atoms with Crippen molar-refractivity contribution in [2.24, 2.45) is 0 Å². The Hall–Kier alpha value is -2.02. The number of hydrogen-bond donors (Lipinski definition) is 1. The number of rotatable bonds is 9. The van der Waals surface area contributed by atoms with Gasteiger partial charge in [0.25, 0.3) is 0 Å². The Kier molecular flexibility index (Phi) is 7.60. The average molecular weight is 467 g/mol. The number of fused-ring (bicyclic) bond motifs is 1. The van der Waals surface area contributed by atoms with E-state index in [-0.39, 0.29) is 12.2 Å². The molecule has 2 aromatic carbocycles. The maximum absolute atomic E-state index is 10.8. The molecule has 0 amide bonds. The van der Waals surface area contributed by atoms with Gasteiger partial charge in [-0.3, -0.25) is 0 Å². The third-order valence-corrected chi connectivity index (χ3v) is 7.47. The molecule has 2 saturated heterocycles. The first-order valence-corrected chi connectivity index (χ1v) is 12.2. The molecule has 2 fully saturated rings. The number of ether oxygens (including phenoxy) is 4. The molecular weight excluding hydrogens is 428 g/mol. The van der Waals surface area contributed by atoms with Crippen molar-refractivity contribution in [2.45, 2.75) is 88.4 Å². The molecule has 1 N–H and O–H groups in total. The van der Waals surface area contributed by atoms with Crippen LogP contribution in [-0.2, 0) is 32.2 Å². The second-order valence-corrected chi connectivity index (χ2v) is 10.3. The van der Waals surface area contributed by atoms with Crippen molar-refractivity contribution in [2.75, 3.05) is 6.61 Å². The van der Waals surface area contributed by atoms with Gasteiger partial charge in [-0.15, -0.1) is 6.58 Å². The lowest BCUT2D eigenvalue weighted by atomic mass is 9.74. The predicted octanol–water partition coefficient (Wildman–Crippen LogP) is 5.21. The SMILES string of the molecule is C=C[C@@]1(C)O[C@@]2(C)C[C@@H](OCc3ccccc3)[C@](C)(CCOCc3ccccc3)OC2C[C@@H]1O. The Morgan fingerprint density at radius 3 is 2.24 bits per heavy atom. The monoisotopic (exact) mass is 466 g/mol. The maximum atomic E-state index is 10.8. The number of hydrogen-bond acceptors (Lipinski definition) is 5. The van der Waals surface area contributed by atoms with Crippen molar-refractivity contribution in [1.29, 1.82) is 0 Å². The van der Waals surface area contributed by atoms with Crippen LogP contribution in [0.4, 0.5) is 0 Å². The molecule has 1 unspecified atom stereocenters. The van der Waals surface area contributed by atoms with Gasteiger partial charge in [0.2, 0.25) is 0 Å². The molecule has 0 aliphatic carbocycles. The molecule has 2 aliphatic rings. The van der Waals surface area contributed by atoms with E-state index >= 15 is 0 Å². The Balaban J connectivity index is 1.48. The van der Waals surface area contributed by atoms with Gasteiger partial charge in [-0.1, -0.05) is 66.7 Å². The van der Waals surface area contributed by atoms with Crippen LogP contribution in [0.3, 0.4) is 0 Å². The summed E-state index contributed by atoms with van der Waals surface area (Å²) in [5.41, 5.74) is 0.294. The zero-order chi connectivity index (χ0) is 24.2. The van der Waals surface area contributed by atoms with Gasteiger partial charge in [0, 0.05) is 25.9 Å². The van der Waals surface area contributed by atoms with E-state index < -0.39 is 22.9 Å². The van der Waals surface area contributed by atoms with Crippen molar-refractivity contribution in [3.05, 3.63) is 84.4 Å². The third kappa shape index (κ3) is 5.45. The summed E-state index contributed by atoms with van der Waals surface area (Å²) in [5.74, 6) is 0. The van der Waals surface area contributed by atoms with Gasteiger partial charge in [0.1, 0.15) is 5.60 Å². The molecule has 34 heavy (non-hydrogen) atoms. The fourth-order valence-corrected chi connectivity index (χ4v) is 5.10. The van der Waals surface area contributed by atoms with E-state index in [1.54, 1.807) is 6.08 Å². The summed E-state index contributed by atoms with van der Waals surface area (Å²) in [6, 6.07) is 20.3. The van der Waals surface area contributed by atoms with Crippen LogP contribution in [0, 0.1) is 0 Å². The molecule has 6 atom stereocenters. The molecule has 184 valence electrons. The van der Waals surface area contributed by atoms with Crippen molar-refractivity contribution in [3.63, 3.8) is 0 Å². The van der Waals surface area contributed by atoms with Gasteiger partial charge < -0.3 is 24.1 Å². The lowest BCUT2D eigenvalue weighted by Gasteiger charge is -2.58. The standard InChI is InChI=1S/C29H38O5/c1-5-27(2)24(30)18-25-29(4,34-27)19-26(32-21-23-14-10-7-11-15-23)28(3,33-25)16-17-31-20-22-12-8-6-9-13-22/h5-15,24-26,30H,1,16-21H2,2-4H3/t24-,25?,26+,27+,28-,29-/m0/s1. The van der Waals surface area contributed by atoms with Crippen molar-refractivity contribution in [1.82, 2.24) is 0 Å². The second-order valence-electron chi connectivity index (χ2n) is 10.3. The minimum atomic E-state index is -0.814. The van der Waals surface area contributed by atoms with Crippen LogP contribution in [0.2, 0.25) is 0 Å². The summed E-state index contributed by atoms with van der Waals surface area (Å²) in [4.78, 5) is 0. The molecule has 2 aliphatic heterocycles. The summed E-state index contributed by atoms with van der Waals surface area (Å²) in [6.07, 6.45) is 2.42. The average Bonchev–Trinajstić information content (AvgIpc) is 2.84. The highest BCUT2D eigenvalue weighted by Gasteiger charge is 2.58. The smallest absolute Gasteiger partial charge is 0.110 e. The quantitative estimate of drug-likeness (QED) is 0.406. The highest BCUT2D eigenvalue weighted by Crippen LogP contribution is 2.48. The number of aliphatic hydroxyl groups excluding tert-OH is 1. The first kappa shape index (κ1) is 25.1. The van der Waals surface area contributed by atoms with Crippen molar-refractivity contribution in [3.8, 4) is 0 Å². The first-order chi connectivity index (χ1) is 16.3. The largest absolute Gasteiger partial charge is 0.390 e. The maximum Gasteiger partial charge on any atom is 0.110 e. The highest BCUT2D eigenvalue weighted by atomic mass is 16.6. The van der Waals surface area contributed by atoms with Crippen LogP contribution in [0.15, 0.2) is 73.3 Å². The van der Waals surface area contributed by atoms with Crippen LogP contribution in [-0.4, -0.2) is 46.8 Å². The molecule has 2 heterocycles. The van der Waals surface area contributed by atoms with Gasteiger partial charge >= 0.3 is 0 Å². The normalized spacial score (nSPS) is 35.5. The molecule has 0 aromatic heterocycles. The minimum absolute atomic E-state index is 0.196. The summed E-state index contributed by atoms with van der Waals surface area (Å²) in [7, 11) is 0. The molecule has 4 rings (SSSR count). The fraction of sp³-hybridized carbons (Fsp3) is 0.517. The van der Waals surface area contributed by atoms with Crippen molar-refractivity contribution >= 4 is 0 Å². The molecule has 5 heteroatoms. The summed E-state index contributed by atoms with van der Waals surface area (Å²) in [5, 5.41) is 10.8. The fourth-order valence-electron chi connectivity index (χ4n) is 5.10. The number of aliphatic hydroxyl groups is 1. The van der Waals surface area contributed by atoms with E-state index in [0.717, 1.165) is 11.1 Å². The van der Waals surface area contributed by atoms with E-state index in [4.69, 9.17) is 18.9 Å². The minimum Gasteiger partial charge on any atom is -0.390 e. The molecule has 0 bridgehead atoms. The predicted molar refractivity (Wildman–Crippen MR) is 132 cm³/mol. The molecule has 5 nitrogen and oxygen atoms in total. The third-order valence-electron chi connectivity index (χ3n) is 7.47. The van der Waals surface area contributed by atoms with Crippen LogP contribution < -0.4 is 0 Å². The van der Waals surface area contributed by atoms with Crippen LogP contribution in [0.5, 0.6) is 0 Å². The van der Waals surface area contributed by atoms with E-state index in [2.05, 4.69) is 44.7 Å². The Bertz CT molecular complexity index is 934. The topological polar surface area (TPSA) is 57.2 Å². The first-order valence-electron chi connectivity index (χ1n) is 12.2. The Morgan fingerprint density at radius 2 is 1.62 bits per heavy atom. The Morgan fingerprint density at radius 1 is 1.00 bits per heavy atom. The summed E-state index contributed by atoms with van der Waals surface area (Å²) < 4.78 is 25.7. The van der Waals surface area contributed by atoms with Gasteiger partial charge in [-0.2, -0.15) is 0 Å². The summed E-state index contributed by atoms with van der Waals surface area (Å²) in [6.45, 7) is 11.6. The van der Waals surface area contributed by atoms with Gasteiger partial charge in [0.05, 0.1) is 42.7 Å². The van der Waals surface area contributed by atoms with Gasteiger partial charge in [-0.25, -0.2) is 0 Å². The van der Waals surface area contributed by atoms with E-state index in [1.165, 1.54) is 0 Å². The Labute approximate surface area is 203 Å². The highest BCUT2D eigenvalue weighted by molar-refractivity contribution is 5.15. The second kappa shape index (κ2) is 10.3. The van der Waals surface area contributed by atoms with Crippen LogP contribution in [0.1, 0.15) is 51.2 Å². The number of benzene rings is 2. The lowest BCUT2D eigenvalue weighted by Crippen LogP contribution is -2.68. The van der Waals surface area contributed by atoms with Gasteiger partial charge in [-0.05, 0) is 31.9 Å². The molecule has 0 saturated carbocycles.